The molecule has 3 rings (SSSR count). The van der Waals surface area contributed by atoms with Crippen LogP contribution in [0.15, 0.2) is 28.8 Å². The van der Waals surface area contributed by atoms with Gasteiger partial charge >= 0.3 is 0 Å². The molecule has 1 aromatic heterocycles. The first-order valence-corrected chi connectivity index (χ1v) is 8.67. The van der Waals surface area contributed by atoms with Gasteiger partial charge in [0, 0.05) is 39.0 Å². The van der Waals surface area contributed by atoms with Crippen molar-refractivity contribution in [1.82, 2.24) is 19.9 Å². The van der Waals surface area contributed by atoms with Crippen LogP contribution in [0.1, 0.15) is 19.2 Å². The molecule has 7 heteroatoms. The lowest BCUT2D eigenvalue weighted by Gasteiger charge is -2.34. The molecule has 0 bridgehead atoms. The Morgan fingerprint density at radius 3 is 2.72 bits per heavy atom. The van der Waals surface area contributed by atoms with E-state index in [1.807, 2.05) is 29.2 Å². The van der Waals surface area contributed by atoms with Crippen LogP contribution in [0.5, 0.6) is 5.75 Å². The monoisotopic (exact) mass is 344 g/mol. The average Bonchev–Trinajstić information content (AvgIpc) is 3.15. The van der Waals surface area contributed by atoms with Gasteiger partial charge in [0.25, 0.3) is 0 Å². The lowest BCUT2D eigenvalue weighted by molar-refractivity contribution is -0.132. The minimum absolute atomic E-state index is 0.146. The van der Waals surface area contributed by atoms with Crippen LogP contribution in [0.2, 0.25) is 0 Å². The molecule has 1 aromatic carbocycles. The highest BCUT2D eigenvalue weighted by Crippen LogP contribution is 2.27. The van der Waals surface area contributed by atoms with Gasteiger partial charge in [0.05, 0.1) is 12.7 Å². The van der Waals surface area contributed by atoms with Crippen LogP contribution >= 0.6 is 0 Å². The topological polar surface area (TPSA) is 71.7 Å². The molecule has 1 saturated heterocycles. The Morgan fingerprint density at radius 2 is 2.00 bits per heavy atom. The van der Waals surface area contributed by atoms with Crippen molar-refractivity contribution in [3.63, 3.8) is 0 Å². The molecule has 7 nitrogen and oxygen atoms in total. The van der Waals surface area contributed by atoms with Crippen molar-refractivity contribution in [1.29, 1.82) is 0 Å². The molecule has 0 atom stereocenters. The number of para-hydroxylation sites is 1. The molecule has 2 aromatic rings. The number of carbonyl (C=O) groups is 1. The molecular formula is C18H24N4O3. The molecule has 1 aliphatic heterocycles. The predicted octanol–water partition coefficient (Wildman–Crippen LogP) is 1.84. The third kappa shape index (κ3) is 4.17. The molecule has 0 radical (unpaired) electrons. The fourth-order valence-corrected chi connectivity index (χ4v) is 2.98. The van der Waals surface area contributed by atoms with Gasteiger partial charge < -0.3 is 19.1 Å². The maximum atomic E-state index is 12.3. The minimum Gasteiger partial charge on any atom is -0.496 e. The fourth-order valence-electron chi connectivity index (χ4n) is 2.98. The van der Waals surface area contributed by atoms with Crippen LogP contribution in [-0.4, -0.2) is 65.7 Å². The molecule has 134 valence electrons. The summed E-state index contributed by atoms with van der Waals surface area (Å²) < 4.78 is 10.6. The van der Waals surface area contributed by atoms with E-state index in [1.165, 1.54) is 0 Å². The largest absolute Gasteiger partial charge is 0.496 e. The van der Waals surface area contributed by atoms with Crippen molar-refractivity contribution in [2.24, 2.45) is 0 Å². The first kappa shape index (κ1) is 17.4. The van der Waals surface area contributed by atoms with E-state index in [2.05, 4.69) is 22.0 Å². The summed E-state index contributed by atoms with van der Waals surface area (Å²) in [5.74, 6) is 1.80. The standard InChI is InChI=1S/C18H24N4O3/c1-3-21-10-12-22(13-11-21)17(23)9-8-16-19-18(20-25-16)14-6-4-5-7-15(14)24-2/h4-7H,3,8-13H2,1-2H3. The van der Waals surface area contributed by atoms with Crippen molar-refractivity contribution in [2.45, 2.75) is 19.8 Å². The number of nitrogens with zero attached hydrogens (tertiary/aromatic N) is 4. The van der Waals surface area contributed by atoms with Gasteiger partial charge in [-0.2, -0.15) is 4.98 Å². The highest BCUT2D eigenvalue weighted by atomic mass is 16.5. The van der Waals surface area contributed by atoms with E-state index < -0.39 is 0 Å². The number of aryl methyl sites for hydroxylation is 1. The number of aromatic nitrogens is 2. The van der Waals surface area contributed by atoms with Crippen molar-refractivity contribution >= 4 is 5.91 Å². The molecule has 25 heavy (non-hydrogen) atoms. The molecule has 0 unspecified atom stereocenters. The molecule has 0 saturated carbocycles. The van der Waals surface area contributed by atoms with E-state index in [0.29, 0.717) is 30.3 Å². The third-order valence-electron chi connectivity index (χ3n) is 4.54. The molecule has 1 aliphatic rings. The van der Waals surface area contributed by atoms with E-state index in [-0.39, 0.29) is 5.91 Å². The maximum Gasteiger partial charge on any atom is 0.227 e. The van der Waals surface area contributed by atoms with Crippen LogP contribution in [0.4, 0.5) is 0 Å². The zero-order valence-electron chi connectivity index (χ0n) is 14.8. The Morgan fingerprint density at radius 1 is 1.24 bits per heavy atom. The van der Waals surface area contributed by atoms with Crippen molar-refractivity contribution < 1.29 is 14.1 Å². The second-order valence-corrected chi connectivity index (χ2v) is 6.03. The summed E-state index contributed by atoms with van der Waals surface area (Å²) in [7, 11) is 1.61. The smallest absolute Gasteiger partial charge is 0.227 e. The number of hydrogen-bond donors (Lipinski definition) is 0. The Bertz CT molecular complexity index is 708. The Labute approximate surface area is 147 Å². The lowest BCUT2D eigenvalue weighted by atomic mass is 10.2. The van der Waals surface area contributed by atoms with Gasteiger partial charge in [0.2, 0.25) is 17.6 Å². The summed E-state index contributed by atoms with van der Waals surface area (Å²) in [6.07, 6.45) is 0.842. The van der Waals surface area contributed by atoms with Crippen molar-refractivity contribution in [2.75, 3.05) is 39.8 Å². The Balaban J connectivity index is 1.56. The lowest BCUT2D eigenvalue weighted by Crippen LogP contribution is -2.48. The van der Waals surface area contributed by atoms with Crippen LogP contribution in [0.3, 0.4) is 0 Å². The van der Waals surface area contributed by atoms with Gasteiger partial charge in [-0.05, 0) is 18.7 Å². The number of likely N-dealkylation sites (N-methyl/N-ethyl adjacent to an activating group) is 1. The van der Waals surface area contributed by atoms with Crippen LogP contribution in [-0.2, 0) is 11.2 Å². The SMILES string of the molecule is CCN1CCN(C(=O)CCc2nc(-c3ccccc3OC)no2)CC1. The van der Waals surface area contributed by atoms with Gasteiger partial charge in [-0.1, -0.05) is 24.2 Å². The molecule has 0 spiro atoms. The van der Waals surface area contributed by atoms with Crippen LogP contribution in [0, 0.1) is 0 Å². The fraction of sp³-hybridized carbons (Fsp3) is 0.500. The summed E-state index contributed by atoms with van der Waals surface area (Å²) in [6, 6.07) is 7.52. The molecule has 1 fully saturated rings. The number of benzene rings is 1. The number of hydrogen-bond acceptors (Lipinski definition) is 6. The molecule has 0 aliphatic carbocycles. The van der Waals surface area contributed by atoms with Gasteiger partial charge in [-0.25, -0.2) is 0 Å². The van der Waals surface area contributed by atoms with E-state index >= 15 is 0 Å². The Hall–Kier alpha value is -2.41. The van der Waals surface area contributed by atoms with Crippen LogP contribution in [0.25, 0.3) is 11.4 Å². The summed E-state index contributed by atoms with van der Waals surface area (Å²) >= 11 is 0. The second-order valence-electron chi connectivity index (χ2n) is 6.03. The number of ether oxygens (including phenoxy) is 1. The highest BCUT2D eigenvalue weighted by molar-refractivity contribution is 5.76. The number of piperazine rings is 1. The minimum atomic E-state index is 0.146. The summed E-state index contributed by atoms with van der Waals surface area (Å²) in [5, 5.41) is 4.01. The van der Waals surface area contributed by atoms with Crippen LogP contribution < -0.4 is 4.74 Å². The second kappa shape index (κ2) is 8.11. The van der Waals surface area contributed by atoms with Crippen molar-refractivity contribution in [3.05, 3.63) is 30.2 Å². The molecule has 1 amide bonds. The number of rotatable bonds is 6. The maximum absolute atomic E-state index is 12.3. The zero-order chi connectivity index (χ0) is 17.6. The van der Waals surface area contributed by atoms with Gasteiger partial charge in [-0.3, -0.25) is 4.79 Å². The average molecular weight is 344 g/mol. The summed E-state index contributed by atoms with van der Waals surface area (Å²) in [4.78, 5) is 21.0. The number of carbonyl (C=O) groups excluding carboxylic acids is 1. The summed E-state index contributed by atoms with van der Waals surface area (Å²) in [5.41, 5.74) is 0.780. The van der Waals surface area contributed by atoms with E-state index in [0.717, 1.165) is 38.3 Å². The highest BCUT2D eigenvalue weighted by Gasteiger charge is 2.21. The molecule has 2 heterocycles. The van der Waals surface area contributed by atoms with Gasteiger partial charge in [0.15, 0.2) is 0 Å². The van der Waals surface area contributed by atoms with E-state index in [9.17, 15) is 4.79 Å². The predicted molar refractivity (Wildman–Crippen MR) is 93.3 cm³/mol. The van der Waals surface area contributed by atoms with E-state index in [4.69, 9.17) is 9.26 Å². The van der Waals surface area contributed by atoms with E-state index in [1.54, 1.807) is 7.11 Å². The van der Waals surface area contributed by atoms with Crippen molar-refractivity contribution in [3.8, 4) is 17.1 Å². The number of methoxy groups -OCH3 is 1. The van der Waals surface area contributed by atoms with Gasteiger partial charge in [0.1, 0.15) is 5.75 Å². The van der Waals surface area contributed by atoms with Gasteiger partial charge in [-0.15, -0.1) is 0 Å². The first-order valence-electron chi connectivity index (χ1n) is 8.67. The third-order valence-corrected chi connectivity index (χ3v) is 4.54. The normalized spacial score (nSPS) is 15.4. The zero-order valence-corrected chi connectivity index (χ0v) is 14.8. The Kier molecular flexibility index (Phi) is 5.65. The molecule has 0 N–H and O–H groups in total. The summed E-state index contributed by atoms with van der Waals surface area (Å²) in [6.45, 7) is 6.66. The number of amides is 1. The molecular weight excluding hydrogens is 320 g/mol. The quantitative estimate of drug-likeness (QED) is 0.796. The first-order chi connectivity index (χ1) is 12.2.